The molecule has 7 heteroatoms. The third-order valence-electron chi connectivity index (χ3n) is 7.20. The summed E-state index contributed by atoms with van der Waals surface area (Å²) in [5.41, 5.74) is 2.82. The van der Waals surface area contributed by atoms with Crippen molar-refractivity contribution in [1.82, 2.24) is 4.90 Å². The van der Waals surface area contributed by atoms with Crippen molar-refractivity contribution in [3.8, 4) is 11.5 Å². The van der Waals surface area contributed by atoms with Gasteiger partial charge < -0.3 is 19.7 Å². The van der Waals surface area contributed by atoms with Crippen molar-refractivity contribution >= 4 is 45.4 Å². The molecule has 1 amide bonds. The lowest BCUT2D eigenvalue weighted by molar-refractivity contribution is -0.129. The van der Waals surface area contributed by atoms with Crippen LogP contribution in [0.3, 0.4) is 0 Å². The number of rotatable bonds is 8. The zero-order valence-corrected chi connectivity index (χ0v) is 24.1. The summed E-state index contributed by atoms with van der Waals surface area (Å²) >= 11 is 5.25. The Morgan fingerprint density at radius 2 is 1.76 bits per heavy atom. The molecule has 1 saturated carbocycles. The number of methoxy groups -OCH3 is 1. The second-order valence-corrected chi connectivity index (χ2v) is 11.8. The third-order valence-corrected chi connectivity index (χ3v) is 8.90. The molecule has 1 N–H and O–H groups in total. The van der Waals surface area contributed by atoms with Crippen molar-refractivity contribution in [2.75, 3.05) is 12.4 Å². The number of para-hydroxylation sites is 1. The van der Waals surface area contributed by atoms with Gasteiger partial charge in [-0.05, 0) is 76.2 Å². The molecule has 0 bridgehead atoms. The van der Waals surface area contributed by atoms with E-state index in [9.17, 15) is 4.79 Å². The highest BCUT2D eigenvalue weighted by Gasteiger charge is 2.42. The van der Waals surface area contributed by atoms with Crippen LogP contribution in [0.1, 0.15) is 43.7 Å². The average molecular weight is 594 g/mol. The zero-order valence-electron chi connectivity index (χ0n) is 21.7. The van der Waals surface area contributed by atoms with Crippen LogP contribution in [-0.4, -0.2) is 29.5 Å². The maximum absolute atomic E-state index is 13.9. The molecule has 3 aromatic rings. The number of anilines is 1. The quantitative estimate of drug-likeness (QED) is 0.269. The first-order valence-corrected chi connectivity index (χ1v) is 14.8. The Kier molecular flexibility index (Phi) is 8.65. The van der Waals surface area contributed by atoms with Gasteiger partial charge in [0.05, 0.1) is 16.5 Å². The highest BCUT2D eigenvalue weighted by Crippen LogP contribution is 2.43. The Morgan fingerprint density at radius 3 is 2.47 bits per heavy atom. The van der Waals surface area contributed by atoms with Gasteiger partial charge in [0.2, 0.25) is 0 Å². The summed E-state index contributed by atoms with van der Waals surface area (Å²) in [5, 5.41) is 3.60. The molecule has 2 aliphatic rings. The summed E-state index contributed by atoms with van der Waals surface area (Å²) in [5.74, 6) is 1.82. The van der Waals surface area contributed by atoms with Crippen molar-refractivity contribution in [3.05, 3.63) is 93.3 Å². The lowest BCUT2D eigenvalue weighted by atomic mass is 9.85. The highest BCUT2D eigenvalue weighted by atomic mass is 79.9. The largest absolute Gasteiger partial charge is 0.493 e. The molecule has 5 nitrogen and oxygen atoms in total. The molecular formula is C31H33BrN2O3S. The van der Waals surface area contributed by atoms with Crippen LogP contribution in [0.25, 0.3) is 6.08 Å². The molecule has 0 spiro atoms. The first-order chi connectivity index (χ1) is 18.5. The number of halogens is 1. The molecule has 1 heterocycles. The van der Waals surface area contributed by atoms with Crippen LogP contribution in [0.15, 0.2) is 82.2 Å². The topological polar surface area (TPSA) is 50.8 Å². The van der Waals surface area contributed by atoms with Crippen LogP contribution in [-0.2, 0) is 11.4 Å². The van der Waals surface area contributed by atoms with Crippen LogP contribution in [0.5, 0.6) is 11.5 Å². The second-order valence-electron chi connectivity index (χ2n) is 9.84. The van der Waals surface area contributed by atoms with Crippen LogP contribution >= 0.6 is 27.7 Å². The van der Waals surface area contributed by atoms with Gasteiger partial charge in [0.25, 0.3) is 5.91 Å². The van der Waals surface area contributed by atoms with Gasteiger partial charge in [-0.1, -0.05) is 80.1 Å². The zero-order chi connectivity index (χ0) is 26.5. The fraction of sp³-hybridized carbons (Fsp3) is 0.323. The fourth-order valence-electron chi connectivity index (χ4n) is 5.21. The van der Waals surface area contributed by atoms with E-state index < -0.39 is 0 Å². The summed E-state index contributed by atoms with van der Waals surface area (Å²) in [7, 11) is 1.63. The van der Waals surface area contributed by atoms with Crippen LogP contribution < -0.4 is 14.8 Å². The molecule has 3 atom stereocenters. The first kappa shape index (κ1) is 26.7. The van der Waals surface area contributed by atoms with E-state index >= 15 is 0 Å². The fourth-order valence-corrected chi connectivity index (χ4v) is 7.00. The van der Waals surface area contributed by atoms with E-state index in [0.717, 1.165) is 45.5 Å². The molecule has 1 saturated heterocycles. The van der Waals surface area contributed by atoms with E-state index in [4.69, 9.17) is 9.47 Å². The van der Waals surface area contributed by atoms with E-state index in [1.54, 1.807) is 18.9 Å². The van der Waals surface area contributed by atoms with Gasteiger partial charge in [-0.3, -0.25) is 4.79 Å². The molecule has 5 rings (SSSR count). The Morgan fingerprint density at radius 1 is 1.05 bits per heavy atom. The molecule has 198 valence electrons. The van der Waals surface area contributed by atoms with Crippen LogP contribution in [0, 0.1) is 5.92 Å². The highest BCUT2D eigenvalue weighted by molar-refractivity contribution is 9.10. The number of ether oxygens (including phenoxy) is 2. The predicted molar refractivity (Wildman–Crippen MR) is 159 cm³/mol. The molecule has 1 aliphatic carbocycles. The number of carbonyl (C=O) groups excluding carboxylic acids is 1. The van der Waals surface area contributed by atoms with E-state index in [-0.39, 0.29) is 17.4 Å². The van der Waals surface area contributed by atoms with Crippen molar-refractivity contribution in [3.63, 3.8) is 0 Å². The minimum atomic E-state index is -0.152. The van der Waals surface area contributed by atoms with Gasteiger partial charge in [0.15, 0.2) is 17.0 Å². The van der Waals surface area contributed by atoms with Gasteiger partial charge in [0, 0.05) is 11.7 Å². The molecule has 3 aromatic carbocycles. The Bertz CT molecular complexity index is 1290. The smallest absolute Gasteiger partial charge is 0.262 e. The number of amides is 1. The van der Waals surface area contributed by atoms with Crippen molar-refractivity contribution in [1.29, 1.82) is 0 Å². The number of hydrogen-bond donors (Lipinski definition) is 1. The molecule has 0 radical (unpaired) electrons. The number of benzene rings is 3. The second kappa shape index (κ2) is 12.3. The minimum Gasteiger partial charge on any atom is -0.493 e. The van der Waals surface area contributed by atoms with Crippen molar-refractivity contribution in [2.24, 2.45) is 5.92 Å². The van der Waals surface area contributed by atoms with Crippen LogP contribution in [0.4, 0.5) is 5.69 Å². The minimum absolute atomic E-state index is 0.0849. The average Bonchev–Trinajstić information content (AvgIpc) is 3.23. The summed E-state index contributed by atoms with van der Waals surface area (Å²) in [6.45, 7) is 2.71. The molecule has 1 aliphatic heterocycles. The number of thioether (sulfide) groups is 1. The summed E-state index contributed by atoms with van der Waals surface area (Å²) in [6, 6.07) is 24.3. The number of nitrogens with zero attached hydrogens (tertiary/aromatic N) is 1. The third kappa shape index (κ3) is 6.05. The molecule has 2 fully saturated rings. The summed E-state index contributed by atoms with van der Waals surface area (Å²) in [4.78, 5) is 16.7. The Labute approximate surface area is 237 Å². The van der Waals surface area contributed by atoms with Gasteiger partial charge in [-0.25, -0.2) is 0 Å². The van der Waals surface area contributed by atoms with Gasteiger partial charge >= 0.3 is 0 Å². The van der Waals surface area contributed by atoms with Gasteiger partial charge in [-0.2, -0.15) is 0 Å². The number of hydrogen-bond acceptors (Lipinski definition) is 5. The molecule has 1 unspecified atom stereocenters. The number of carbonyl (C=O) groups is 1. The Balaban J connectivity index is 1.41. The first-order valence-electron chi connectivity index (χ1n) is 13.1. The lowest BCUT2D eigenvalue weighted by Crippen LogP contribution is -2.48. The molecule has 0 aromatic heterocycles. The monoisotopic (exact) mass is 592 g/mol. The van der Waals surface area contributed by atoms with E-state index in [2.05, 4.69) is 33.1 Å². The van der Waals surface area contributed by atoms with Crippen molar-refractivity contribution < 1.29 is 14.3 Å². The Hall–Kier alpha value is -2.90. The normalized spacial score (nSPS) is 22.5. The van der Waals surface area contributed by atoms with E-state index in [1.165, 1.54) is 6.42 Å². The molecular weight excluding hydrogens is 560 g/mol. The maximum atomic E-state index is 13.9. The summed E-state index contributed by atoms with van der Waals surface area (Å²) < 4.78 is 12.6. The SMILES string of the molecule is COc1cc(/C=C2\SC(Nc3ccccc3)N([C@@H]3CCCC[C@H]3C)C2=O)cc(Br)c1OCc1ccccc1. The maximum Gasteiger partial charge on any atom is 0.262 e. The van der Waals surface area contributed by atoms with Gasteiger partial charge in [-0.15, -0.1) is 0 Å². The van der Waals surface area contributed by atoms with Crippen LogP contribution in [0.2, 0.25) is 0 Å². The van der Waals surface area contributed by atoms with E-state index in [1.807, 2.05) is 78.9 Å². The van der Waals surface area contributed by atoms with Crippen molar-refractivity contribution in [2.45, 2.75) is 50.8 Å². The lowest BCUT2D eigenvalue weighted by Gasteiger charge is -2.39. The summed E-state index contributed by atoms with van der Waals surface area (Å²) in [6.07, 6.45) is 6.56. The van der Waals surface area contributed by atoms with Gasteiger partial charge in [0.1, 0.15) is 6.61 Å². The standard InChI is InChI=1S/C31H33BrN2O3S/c1-21-11-9-10-16-26(21)34-30(35)28(38-31(34)33-24-14-7-4-8-15-24)19-23-17-25(32)29(27(18-23)36-2)37-20-22-12-5-3-6-13-22/h3-8,12-15,17-19,21,26,31,33H,9-11,16,20H2,1-2H3/b28-19-/t21-,26-,31?/m1/s1. The number of nitrogens with one attached hydrogen (secondary N) is 1. The van der Waals surface area contributed by atoms with E-state index in [0.29, 0.717) is 24.0 Å². The molecule has 38 heavy (non-hydrogen) atoms. The predicted octanol–water partition coefficient (Wildman–Crippen LogP) is 7.93.